The van der Waals surface area contributed by atoms with Gasteiger partial charge in [-0.2, -0.15) is 0 Å². The molecule has 0 aliphatic carbocycles. The summed E-state index contributed by atoms with van der Waals surface area (Å²) in [5, 5.41) is 7.06. The van der Waals surface area contributed by atoms with Crippen molar-refractivity contribution < 1.29 is 9.47 Å². The van der Waals surface area contributed by atoms with Gasteiger partial charge in [-0.1, -0.05) is 0 Å². The van der Waals surface area contributed by atoms with Crippen LogP contribution in [0.3, 0.4) is 0 Å². The van der Waals surface area contributed by atoms with Crippen LogP contribution in [0.2, 0.25) is 0 Å². The molecule has 4 heteroatoms. The fourth-order valence-electron chi connectivity index (χ4n) is 4.47. The van der Waals surface area contributed by atoms with Crippen LogP contribution in [0.5, 0.6) is 0 Å². The Bertz CT molecular complexity index is 322. The zero-order valence-corrected chi connectivity index (χ0v) is 11.0. The first-order valence-corrected chi connectivity index (χ1v) is 7.54. The van der Waals surface area contributed by atoms with Gasteiger partial charge < -0.3 is 20.1 Å². The van der Waals surface area contributed by atoms with E-state index in [9.17, 15) is 0 Å². The number of hydrogen-bond acceptors (Lipinski definition) is 4. The van der Waals surface area contributed by atoms with E-state index in [0.717, 1.165) is 32.8 Å². The van der Waals surface area contributed by atoms with Crippen LogP contribution >= 0.6 is 0 Å². The lowest BCUT2D eigenvalue weighted by atomic mass is 9.73. The van der Waals surface area contributed by atoms with Crippen LogP contribution in [0.1, 0.15) is 32.1 Å². The molecule has 4 fully saturated rings. The van der Waals surface area contributed by atoms with Crippen molar-refractivity contribution in [2.24, 2.45) is 5.92 Å². The lowest BCUT2D eigenvalue weighted by Crippen LogP contribution is -2.70. The highest BCUT2D eigenvalue weighted by Crippen LogP contribution is 2.45. The van der Waals surface area contributed by atoms with Gasteiger partial charge in [0.25, 0.3) is 0 Å². The second-order valence-electron chi connectivity index (χ2n) is 6.58. The molecule has 0 aromatic heterocycles. The van der Waals surface area contributed by atoms with E-state index in [1.165, 1.54) is 32.1 Å². The molecule has 4 saturated heterocycles. The third-order valence-electron chi connectivity index (χ3n) is 5.55. The minimum atomic E-state index is 0.173. The molecule has 3 unspecified atom stereocenters. The Morgan fingerprint density at radius 2 is 1.94 bits per heavy atom. The first kappa shape index (κ1) is 11.6. The first-order chi connectivity index (χ1) is 8.82. The van der Waals surface area contributed by atoms with Crippen molar-refractivity contribution in [1.29, 1.82) is 0 Å². The fraction of sp³-hybridized carbons (Fsp3) is 1.00. The Hall–Kier alpha value is -0.160. The van der Waals surface area contributed by atoms with Gasteiger partial charge in [0.15, 0.2) is 0 Å². The molecule has 4 nitrogen and oxygen atoms in total. The molecule has 0 aromatic rings. The second-order valence-corrected chi connectivity index (χ2v) is 6.58. The molecule has 3 atom stereocenters. The van der Waals surface area contributed by atoms with E-state index in [2.05, 4.69) is 10.6 Å². The molecule has 18 heavy (non-hydrogen) atoms. The lowest BCUT2D eigenvalue weighted by Gasteiger charge is -2.50. The van der Waals surface area contributed by atoms with Crippen molar-refractivity contribution in [3.05, 3.63) is 0 Å². The summed E-state index contributed by atoms with van der Waals surface area (Å²) in [6, 6.07) is 0.550. The molecule has 4 aliphatic rings. The number of hydrogen-bond donors (Lipinski definition) is 2. The van der Waals surface area contributed by atoms with Crippen molar-refractivity contribution in [2.45, 2.75) is 49.3 Å². The monoisotopic (exact) mass is 252 g/mol. The summed E-state index contributed by atoms with van der Waals surface area (Å²) in [5.74, 6) is 0.662. The maximum atomic E-state index is 6.22. The van der Waals surface area contributed by atoms with Crippen LogP contribution < -0.4 is 10.6 Å². The third kappa shape index (κ3) is 1.66. The van der Waals surface area contributed by atoms with Gasteiger partial charge in [0.2, 0.25) is 0 Å². The Morgan fingerprint density at radius 1 is 1.06 bits per heavy atom. The molecule has 4 heterocycles. The number of nitrogens with one attached hydrogen (secondary N) is 2. The maximum Gasteiger partial charge on any atom is 0.0962 e. The SMILES string of the molecule is C1COC2(C1)CNC2C1COC2(CCNCC2)C1. The second kappa shape index (κ2) is 4.17. The summed E-state index contributed by atoms with van der Waals surface area (Å²) in [5.41, 5.74) is 0.361. The quantitative estimate of drug-likeness (QED) is 0.720. The smallest absolute Gasteiger partial charge is 0.0962 e. The van der Waals surface area contributed by atoms with Gasteiger partial charge in [-0.3, -0.25) is 0 Å². The highest BCUT2D eigenvalue weighted by Gasteiger charge is 2.56. The zero-order valence-electron chi connectivity index (χ0n) is 11.0. The predicted octanol–water partition coefficient (Wildman–Crippen LogP) is 0.666. The van der Waals surface area contributed by atoms with Gasteiger partial charge in [-0.25, -0.2) is 0 Å². The summed E-state index contributed by atoms with van der Waals surface area (Å²) >= 11 is 0. The molecular weight excluding hydrogens is 228 g/mol. The van der Waals surface area contributed by atoms with Crippen LogP contribution in [0.25, 0.3) is 0 Å². The number of rotatable bonds is 1. The summed E-state index contributed by atoms with van der Waals surface area (Å²) in [6.07, 6.45) is 6.09. The maximum absolute atomic E-state index is 6.22. The van der Waals surface area contributed by atoms with Crippen molar-refractivity contribution in [1.82, 2.24) is 10.6 Å². The molecule has 4 aliphatic heterocycles. The molecule has 0 amide bonds. The van der Waals surface area contributed by atoms with Crippen molar-refractivity contribution in [3.63, 3.8) is 0 Å². The molecule has 2 N–H and O–H groups in total. The van der Waals surface area contributed by atoms with Gasteiger partial charge in [-0.15, -0.1) is 0 Å². The molecule has 0 radical (unpaired) electrons. The standard InChI is InChI=1S/C14H24N2O2/c1-2-14(17-7-1)10-16-12(14)11-8-13(18-9-11)3-5-15-6-4-13/h11-12,15-16H,1-10H2. The van der Waals surface area contributed by atoms with Crippen LogP contribution in [0.15, 0.2) is 0 Å². The summed E-state index contributed by atoms with van der Waals surface area (Å²) in [6.45, 7) is 5.19. The Kier molecular flexibility index (Phi) is 2.70. The van der Waals surface area contributed by atoms with Crippen LogP contribution in [0, 0.1) is 5.92 Å². The predicted molar refractivity (Wildman–Crippen MR) is 68.6 cm³/mol. The zero-order chi connectivity index (χ0) is 12.1. The van der Waals surface area contributed by atoms with Crippen LogP contribution in [0.4, 0.5) is 0 Å². The third-order valence-corrected chi connectivity index (χ3v) is 5.55. The van der Waals surface area contributed by atoms with E-state index in [1.54, 1.807) is 0 Å². The van der Waals surface area contributed by atoms with E-state index in [4.69, 9.17) is 9.47 Å². The van der Waals surface area contributed by atoms with Gasteiger partial charge in [0.05, 0.1) is 17.8 Å². The first-order valence-electron chi connectivity index (χ1n) is 7.54. The average molecular weight is 252 g/mol. The van der Waals surface area contributed by atoms with E-state index < -0.39 is 0 Å². The molecule has 2 spiro atoms. The number of piperidine rings is 1. The molecule has 102 valence electrons. The topological polar surface area (TPSA) is 42.5 Å². The molecule has 0 bridgehead atoms. The van der Waals surface area contributed by atoms with Crippen molar-refractivity contribution in [3.8, 4) is 0 Å². The van der Waals surface area contributed by atoms with E-state index >= 15 is 0 Å². The molecule has 4 rings (SSSR count). The van der Waals surface area contributed by atoms with Gasteiger partial charge in [0.1, 0.15) is 0 Å². The molecular formula is C14H24N2O2. The number of ether oxygens (including phenoxy) is 2. The van der Waals surface area contributed by atoms with E-state index in [0.29, 0.717) is 12.0 Å². The van der Waals surface area contributed by atoms with E-state index in [1.807, 2.05) is 0 Å². The average Bonchev–Trinajstić information content (AvgIpc) is 2.99. The summed E-state index contributed by atoms with van der Waals surface area (Å²) < 4.78 is 12.3. The van der Waals surface area contributed by atoms with Gasteiger partial charge in [-0.05, 0) is 45.2 Å². The largest absolute Gasteiger partial charge is 0.375 e. The Morgan fingerprint density at radius 3 is 2.61 bits per heavy atom. The molecule has 0 aromatic carbocycles. The van der Waals surface area contributed by atoms with Gasteiger partial charge in [0, 0.05) is 25.1 Å². The Balaban J connectivity index is 1.44. The van der Waals surface area contributed by atoms with Crippen molar-refractivity contribution >= 4 is 0 Å². The Labute approximate surface area is 109 Å². The van der Waals surface area contributed by atoms with Crippen molar-refractivity contribution in [2.75, 3.05) is 32.8 Å². The van der Waals surface area contributed by atoms with Crippen LogP contribution in [-0.2, 0) is 9.47 Å². The van der Waals surface area contributed by atoms with Crippen LogP contribution in [-0.4, -0.2) is 50.1 Å². The molecule has 0 saturated carbocycles. The summed E-state index contributed by atoms with van der Waals surface area (Å²) in [7, 11) is 0. The lowest BCUT2D eigenvalue weighted by molar-refractivity contribution is -0.0957. The highest BCUT2D eigenvalue weighted by atomic mass is 16.5. The van der Waals surface area contributed by atoms with Gasteiger partial charge >= 0.3 is 0 Å². The van der Waals surface area contributed by atoms with E-state index in [-0.39, 0.29) is 11.2 Å². The minimum absolute atomic E-state index is 0.173. The fourth-order valence-corrected chi connectivity index (χ4v) is 4.47. The normalized spacial score (nSPS) is 46.7. The highest BCUT2D eigenvalue weighted by molar-refractivity contribution is 5.11. The minimum Gasteiger partial charge on any atom is -0.375 e. The summed E-state index contributed by atoms with van der Waals surface area (Å²) in [4.78, 5) is 0.